The molecule has 4 nitrogen and oxygen atoms in total. The first-order valence-electron chi connectivity index (χ1n) is 5.58. The third-order valence-corrected chi connectivity index (χ3v) is 3.90. The number of nitro benzene ring substituents is 1. The number of ether oxygens (including phenoxy) is 1. The highest BCUT2D eigenvalue weighted by Crippen LogP contribution is 2.38. The van der Waals surface area contributed by atoms with Crippen molar-refractivity contribution < 1.29 is 9.66 Å². The van der Waals surface area contributed by atoms with E-state index in [0.717, 1.165) is 0 Å². The van der Waals surface area contributed by atoms with Crippen LogP contribution >= 0.6 is 46.4 Å². The second-order valence-corrected chi connectivity index (χ2v) is 5.47. The minimum atomic E-state index is -0.508. The Hall–Kier alpha value is -1.20. The smallest absolute Gasteiger partial charge is 0.270 e. The van der Waals surface area contributed by atoms with Crippen molar-refractivity contribution in [2.75, 3.05) is 0 Å². The maximum atomic E-state index is 10.7. The molecule has 0 aromatic heterocycles. The van der Waals surface area contributed by atoms with Crippen molar-refractivity contribution in [1.82, 2.24) is 0 Å². The fourth-order valence-corrected chi connectivity index (χ4v) is 2.37. The molecular formula is C13H7Cl4NO3. The van der Waals surface area contributed by atoms with Crippen LogP contribution in [0.3, 0.4) is 0 Å². The molecule has 110 valence electrons. The van der Waals surface area contributed by atoms with Gasteiger partial charge in [-0.05, 0) is 12.1 Å². The topological polar surface area (TPSA) is 52.4 Å². The fourth-order valence-electron chi connectivity index (χ4n) is 1.58. The van der Waals surface area contributed by atoms with Crippen molar-refractivity contribution in [3.63, 3.8) is 0 Å². The Morgan fingerprint density at radius 2 is 1.67 bits per heavy atom. The molecule has 21 heavy (non-hydrogen) atoms. The summed E-state index contributed by atoms with van der Waals surface area (Å²) < 4.78 is 5.62. The van der Waals surface area contributed by atoms with Gasteiger partial charge in [-0.25, -0.2) is 0 Å². The van der Waals surface area contributed by atoms with Crippen LogP contribution in [-0.4, -0.2) is 4.92 Å². The number of benzene rings is 2. The molecule has 0 bridgehead atoms. The Morgan fingerprint density at radius 1 is 1.00 bits per heavy atom. The molecule has 0 spiro atoms. The summed E-state index contributed by atoms with van der Waals surface area (Å²) in [4.78, 5) is 10.2. The summed E-state index contributed by atoms with van der Waals surface area (Å²) >= 11 is 23.5. The number of nitrogens with zero attached hydrogens (tertiary/aromatic N) is 1. The molecular weight excluding hydrogens is 360 g/mol. The Bertz CT molecular complexity index is 706. The second-order valence-electron chi connectivity index (χ2n) is 3.98. The summed E-state index contributed by atoms with van der Waals surface area (Å²) in [5.41, 5.74) is 0.395. The Kier molecular flexibility index (Phi) is 5.17. The van der Waals surface area contributed by atoms with E-state index in [-0.39, 0.29) is 27.4 Å². The van der Waals surface area contributed by atoms with Gasteiger partial charge in [-0.3, -0.25) is 10.1 Å². The number of alkyl halides is 1. The average Bonchev–Trinajstić information content (AvgIpc) is 2.44. The Labute approximate surface area is 140 Å². The van der Waals surface area contributed by atoms with Crippen LogP contribution in [0.15, 0.2) is 30.3 Å². The van der Waals surface area contributed by atoms with Gasteiger partial charge in [0.05, 0.1) is 25.9 Å². The summed E-state index contributed by atoms with van der Waals surface area (Å²) in [6, 6.07) is 7.03. The highest BCUT2D eigenvalue weighted by Gasteiger charge is 2.14. The molecule has 2 rings (SSSR count). The predicted molar refractivity (Wildman–Crippen MR) is 84.2 cm³/mol. The second kappa shape index (κ2) is 6.71. The lowest BCUT2D eigenvalue weighted by Crippen LogP contribution is -1.94. The highest BCUT2D eigenvalue weighted by molar-refractivity contribution is 6.43. The van der Waals surface area contributed by atoms with Crippen LogP contribution in [0.4, 0.5) is 5.69 Å². The van der Waals surface area contributed by atoms with E-state index < -0.39 is 4.92 Å². The quantitative estimate of drug-likeness (QED) is 0.285. The molecule has 0 N–H and O–H groups in total. The van der Waals surface area contributed by atoms with E-state index in [9.17, 15) is 10.1 Å². The zero-order chi connectivity index (χ0) is 15.6. The maximum absolute atomic E-state index is 10.7. The first-order valence-corrected chi connectivity index (χ1v) is 7.25. The Morgan fingerprint density at radius 3 is 2.29 bits per heavy atom. The molecule has 0 saturated carbocycles. The summed E-state index contributed by atoms with van der Waals surface area (Å²) in [5, 5.41) is 11.6. The predicted octanol–water partition coefficient (Wildman–Crippen LogP) is 6.09. The minimum Gasteiger partial charge on any atom is -0.455 e. The number of hydrogen-bond donors (Lipinski definition) is 0. The summed E-state index contributed by atoms with van der Waals surface area (Å²) in [6.45, 7) is 0. The standard InChI is InChI=1S/C13H7Cl4NO3/c14-6-7-3-8(18(19)20)1-2-12(7)21-13-5-10(16)9(15)4-11(13)17/h1-5H,6H2. The fraction of sp³-hybridized carbons (Fsp3) is 0.0769. The van der Waals surface area contributed by atoms with Crippen molar-refractivity contribution in [2.24, 2.45) is 0 Å². The maximum Gasteiger partial charge on any atom is 0.270 e. The molecule has 0 aliphatic rings. The van der Waals surface area contributed by atoms with Crippen molar-refractivity contribution in [3.8, 4) is 11.5 Å². The van der Waals surface area contributed by atoms with E-state index in [1.807, 2.05) is 0 Å². The van der Waals surface area contributed by atoms with E-state index in [2.05, 4.69) is 0 Å². The van der Waals surface area contributed by atoms with Crippen LogP contribution < -0.4 is 4.74 Å². The van der Waals surface area contributed by atoms with Crippen LogP contribution in [0.2, 0.25) is 15.1 Å². The lowest BCUT2D eigenvalue weighted by Gasteiger charge is -2.11. The number of rotatable bonds is 4. The lowest BCUT2D eigenvalue weighted by atomic mass is 10.2. The zero-order valence-corrected chi connectivity index (χ0v) is 13.3. The van der Waals surface area contributed by atoms with E-state index >= 15 is 0 Å². The number of non-ortho nitro benzene ring substituents is 1. The molecule has 0 fully saturated rings. The zero-order valence-electron chi connectivity index (χ0n) is 10.3. The van der Waals surface area contributed by atoms with Gasteiger partial charge in [0.15, 0.2) is 0 Å². The normalized spacial score (nSPS) is 10.5. The van der Waals surface area contributed by atoms with E-state index in [1.165, 1.54) is 30.3 Å². The van der Waals surface area contributed by atoms with Crippen LogP contribution in [0.25, 0.3) is 0 Å². The average molecular weight is 367 g/mol. The molecule has 0 amide bonds. The van der Waals surface area contributed by atoms with Gasteiger partial charge in [0.2, 0.25) is 0 Å². The summed E-state index contributed by atoms with van der Waals surface area (Å²) in [7, 11) is 0. The van der Waals surface area contributed by atoms with Gasteiger partial charge in [-0.2, -0.15) is 0 Å². The van der Waals surface area contributed by atoms with Gasteiger partial charge in [-0.1, -0.05) is 34.8 Å². The van der Waals surface area contributed by atoms with Gasteiger partial charge < -0.3 is 4.74 Å². The van der Waals surface area contributed by atoms with Gasteiger partial charge in [0.1, 0.15) is 11.5 Å². The SMILES string of the molecule is O=[N+]([O-])c1ccc(Oc2cc(Cl)c(Cl)cc2Cl)c(CCl)c1. The third kappa shape index (κ3) is 3.71. The highest BCUT2D eigenvalue weighted by atomic mass is 35.5. The lowest BCUT2D eigenvalue weighted by molar-refractivity contribution is -0.384. The van der Waals surface area contributed by atoms with Gasteiger partial charge >= 0.3 is 0 Å². The molecule has 0 aliphatic carbocycles. The molecule has 0 heterocycles. The molecule has 0 saturated heterocycles. The molecule has 2 aromatic rings. The van der Waals surface area contributed by atoms with Gasteiger partial charge in [-0.15, -0.1) is 11.6 Å². The largest absolute Gasteiger partial charge is 0.455 e. The minimum absolute atomic E-state index is 0.0515. The molecule has 0 unspecified atom stereocenters. The van der Waals surface area contributed by atoms with Crippen LogP contribution in [0, 0.1) is 10.1 Å². The summed E-state index contributed by atoms with van der Waals surface area (Å²) in [6.07, 6.45) is 0. The molecule has 0 radical (unpaired) electrons. The van der Waals surface area contributed by atoms with Crippen LogP contribution in [0.1, 0.15) is 5.56 Å². The first kappa shape index (κ1) is 16.2. The monoisotopic (exact) mass is 365 g/mol. The van der Waals surface area contributed by atoms with Gasteiger partial charge in [0, 0.05) is 23.8 Å². The Balaban J connectivity index is 2.40. The first-order chi connectivity index (χ1) is 9.92. The third-order valence-electron chi connectivity index (χ3n) is 2.59. The van der Waals surface area contributed by atoms with Gasteiger partial charge in [0.25, 0.3) is 5.69 Å². The van der Waals surface area contributed by atoms with Crippen molar-refractivity contribution in [1.29, 1.82) is 0 Å². The molecule has 0 atom stereocenters. The van der Waals surface area contributed by atoms with Crippen molar-refractivity contribution >= 4 is 52.1 Å². The summed E-state index contributed by atoms with van der Waals surface area (Å²) in [5.74, 6) is 0.692. The number of halogens is 4. The van der Waals surface area contributed by atoms with E-state index in [0.29, 0.717) is 16.3 Å². The molecule has 0 aliphatic heterocycles. The van der Waals surface area contributed by atoms with E-state index in [4.69, 9.17) is 51.1 Å². The van der Waals surface area contributed by atoms with Crippen LogP contribution in [0.5, 0.6) is 11.5 Å². The molecule has 2 aromatic carbocycles. The van der Waals surface area contributed by atoms with E-state index in [1.54, 1.807) is 0 Å². The number of nitro groups is 1. The van der Waals surface area contributed by atoms with Crippen molar-refractivity contribution in [3.05, 3.63) is 61.1 Å². The van der Waals surface area contributed by atoms with Crippen LogP contribution in [-0.2, 0) is 5.88 Å². The number of hydrogen-bond acceptors (Lipinski definition) is 3. The molecule has 8 heteroatoms. The van der Waals surface area contributed by atoms with Crippen molar-refractivity contribution in [2.45, 2.75) is 5.88 Å².